The van der Waals surface area contributed by atoms with Crippen LogP contribution >= 0.6 is 90.5 Å². The highest BCUT2D eigenvalue weighted by Crippen LogP contribution is 2.28. The lowest BCUT2D eigenvalue weighted by Gasteiger charge is -2.19. The van der Waals surface area contributed by atoms with E-state index in [1.165, 1.54) is 105 Å². The van der Waals surface area contributed by atoms with Crippen LogP contribution in [0, 0.1) is 0 Å². The summed E-state index contributed by atoms with van der Waals surface area (Å²) >= 11 is 38.5. The highest BCUT2D eigenvalue weighted by Gasteiger charge is 2.26. The summed E-state index contributed by atoms with van der Waals surface area (Å²) in [5, 5.41) is 4.89. The van der Waals surface area contributed by atoms with Gasteiger partial charge in [0, 0.05) is 11.9 Å². The molecule has 12 heteroatoms. The van der Waals surface area contributed by atoms with Crippen LogP contribution in [0.3, 0.4) is 0 Å². The highest BCUT2D eigenvalue weighted by molar-refractivity contribution is 7.64. The number of alkyl halides is 1. The van der Waals surface area contributed by atoms with Crippen molar-refractivity contribution in [2.24, 2.45) is 0 Å². The largest absolute Gasteiger partial charge is 0.345 e. The van der Waals surface area contributed by atoms with Crippen molar-refractivity contribution in [3.63, 3.8) is 0 Å². The first-order chi connectivity index (χ1) is 24.4. The maximum atomic E-state index is 5.94. The molecular formula is C40H62Cl8N2Si2. The van der Waals surface area contributed by atoms with E-state index in [0.29, 0.717) is 11.9 Å². The van der Waals surface area contributed by atoms with E-state index in [0.717, 1.165) is 5.56 Å². The molecular weight excluding hydrogens is 848 g/mol. The van der Waals surface area contributed by atoms with Gasteiger partial charge in [-0.2, -0.15) is 0 Å². The minimum absolute atomic E-state index is 0. The van der Waals surface area contributed by atoms with Crippen molar-refractivity contribution in [2.45, 2.75) is 92.0 Å². The molecule has 0 aliphatic heterocycles. The van der Waals surface area contributed by atoms with Crippen LogP contribution in [0.4, 0.5) is 0 Å². The van der Waals surface area contributed by atoms with E-state index in [1.54, 1.807) is 0 Å². The van der Waals surface area contributed by atoms with Crippen LogP contribution in [-0.4, -0.2) is 61.8 Å². The summed E-state index contributed by atoms with van der Waals surface area (Å²) in [4.78, 5) is 5.08. The normalized spacial score (nSPS) is 10.7. The Labute approximate surface area is 359 Å². The first kappa shape index (κ1) is 54.2. The molecule has 0 aromatic heterocycles. The van der Waals surface area contributed by atoms with Gasteiger partial charge in [-0.25, -0.2) is 0 Å². The van der Waals surface area contributed by atoms with Crippen LogP contribution in [0.25, 0.3) is 21.5 Å². The molecule has 0 heterocycles. The van der Waals surface area contributed by atoms with E-state index in [-0.39, 0.29) is 12.4 Å². The van der Waals surface area contributed by atoms with Gasteiger partial charge >= 0.3 is 12.7 Å². The van der Waals surface area contributed by atoms with Gasteiger partial charge in [0.15, 0.2) is 0 Å². The monoisotopic (exact) mass is 906 g/mol. The fourth-order valence-electron chi connectivity index (χ4n) is 5.64. The zero-order valence-electron chi connectivity index (χ0n) is 32.0. The Hall–Kier alpha value is 0.0738. The summed E-state index contributed by atoms with van der Waals surface area (Å²) in [6.07, 6.45) is 7.75. The first-order valence-electron chi connectivity index (χ1n) is 18.3. The number of rotatable bonds is 15. The van der Waals surface area contributed by atoms with E-state index in [4.69, 9.17) is 78.1 Å². The van der Waals surface area contributed by atoms with Crippen LogP contribution in [0.1, 0.15) is 91.2 Å². The topological polar surface area (TPSA) is 6.48 Å². The summed E-state index contributed by atoms with van der Waals surface area (Å²) in [6.45, 7) is 19.4. The third kappa shape index (κ3) is 26.8. The minimum atomic E-state index is -2.60. The Kier molecular flexibility index (Phi) is 35.8. The third-order valence-corrected chi connectivity index (χ3v) is 9.81. The van der Waals surface area contributed by atoms with Gasteiger partial charge in [-0.3, -0.25) is 0 Å². The van der Waals surface area contributed by atoms with Crippen LogP contribution < -0.4 is 0 Å². The average Bonchev–Trinajstić information content (AvgIpc) is 3.09. The van der Waals surface area contributed by atoms with Crippen molar-refractivity contribution in [1.82, 2.24) is 9.80 Å². The van der Waals surface area contributed by atoms with Crippen LogP contribution in [-0.2, 0) is 11.9 Å². The Bertz CT molecular complexity index is 1350. The number of hydrogen-bond donors (Lipinski definition) is 0. The first-order valence-corrected chi connectivity index (χ1v) is 29.3. The molecule has 4 aromatic rings. The molecule has 4 aromatic carbocycles. The molecule has 0 bridgehead atoms. The predicted octanol–water partition coefficient (Wildman–Crippen LogP) is 15.0. The van der Waals surface area contributed by atoms with Gasteiger partial charge < -0.3 is 9.80 Å². The molecule has 296 valence electrons. The van der Waals surface area contributed by atoms with E-state index >= 15 is 0 Å². The van der Waals surface area contributed by atoms with Gasteiger partial charge in [-0.05, 0) is 110 Å². The van der Waals surface area contributed by atoms with Crippen molar-refractivity contribution in [3.05, 3.63) is 96.1 Å². The van der Waals surface area contributed by atoms with E-state index in [2.05, 4.69) is 93.8 Å². The second-order valence-electron chi connectivity index (χ2n) is 12.1. The highest BCUT2D eigenvalue weighted by atomic mass is 35.8. The van der Waals surface area contributed by atoms with Gasteiger partial charge in [-0.1, -0.05) is 126 Å². The summed E-state index contributed by atoms with van der Waals surface area (Å²) in [5.74, 6) is 0.585. The molecule has 0 N–H and O–H groups in total. The zero-order valence-corrected chi connectivity index (χ0v) is 40.3. The molecule has 4 rings (SSSR count). The van der Waals surface area contributed by atoms with Gasteiger partial charge in [0.25, 0.3) is 0 Å². The number of fused-ring (bicyclic) bond motifs is 2. The minimum Gasteiger partial charge on any atom is -0.303 e. The average molecular weight is 911 g/mol. The van der Waals surface area contributed by atoms with Crippen molar-refractivity contribution < 1.29 is 0 Å². The third-order valence-electron chi connectivity index (χ3n) is 7.53. The standard InChI is InChI=1S/C11H9Cl3Si.C11H9Cl.2C9H21N.Cl3HSi.ClH/c12-15(13,14)8-10-6-3-5-9-4-1-2-7-11(9)10;12-8-10-6-3-5-9-4-1-2-7-11(9)10;2*1-4-7-10(8-5-2)9-6-3;1-4(2)3;/h1-7H,8H2;1-7H,8H2;2*4-9H2,1-3H3;4H;1H. The molecule has 52 heavy (non-hydrogen) atoms. The lowest BCUT2D eigenvalue weighted by molar-refractivity contribution is 0.275. The van der Waals surface area contributed by atoms with Crippen molar-refractivity contribution in [1.29, 1.82) is 0 Å². The number of benzene rings is 4. The van der Waals surface area contributed by atoms with E-state index in [1.807, 2.05) is 42.5 Å². The molecule has 0 unspecified atom stereocenters. The zero-order chi connectivity index (χ0) is 38.5. The lowest BCUT2D eigenvalue weighted by Crippen LogP contribution is -2.26. The molecule has 0 radical (unpaired) electrons. The molecule has 0 amide bonds. The van der Waals surface area contributed by atoms with E-state index < -0.39 is 12.7 Å². The predicted molar refractivity (Wildman–Crippen MR) is 251 cm³/mol. The van der Waals surface area contributed by atoms with Crippen LogP contribution in [0.5, 0.6) is 0 Å². The van der Waals surface area contributed by atoms with E-state index in [9.17, 15) is 0 Å². The van der Waals surface area contributed by atoms with Crippen molar-refractivity contribution in [2.75, 3.05) is 39.3 Å². The van der Waals surface area contributed by atoms with Gasteiger partial charge in [0.1, 0.15) is 0 Å². The van der Waals surface area contributed by atoms with Crippen molar-refractivity contribution in [3.8, 4) is 0 Å². The fourth-order valence-corrected chi connectivity index (χ4v) is 7.91. The summed E-state index contributed by atoms with van der Waals surface area (Å²) in [7, 11) is 0. The summed E-state index contributed by atoms with van der Waals surface area (Å²) < 4.78 is 0. The molecule has 0 aliphatic carbocycles. The maximum Gasteiger partial charge on any atom is 0.345 e. The second kappa shape index (κ2) is 34.3. The smallest absolute Gasteiger partial charge is 0.303 e. The lowest BCUT2D eigenvalue weighted by atomic mass is 10.1. The van der Waals surface area contributed by atoms with Crippen LogP contribution in [0.2, 0.25) is 0 Å². The Morgan fingerprint density at radius 2 is 0.769 bits per heavy atom. The Balaban J connectivity index is 0. The van der Waals surface area contributed by atoms with Gasteiger partial charge in [-0.15, -0.1) is 90.5 Å². The maximum absolute atomic E-state index is 5.94. The summed E-state index contributed by atoms with van der Waals surface area (Å²) in [5.41, 5.74) is 2.33. The molecule has 0 saturated carbocycles. The number of nitrogens with zero attached hydrogens (tertiary/aromatic N) is 2. The molecule has 2 nitrogen and oxygen atoms in total. The second-order valence-corrected chi connectivity index (χ2v) is 28.0. The van der Waals surface area contributed by atoms with Gasteiger partial charge in [0.05, 0.1) is 0 Å². The fraction of sp³-hybridized carbons (Fsp3) is 0.500. The quantitative estimate of drug-likeness (QED) is 0.0666. The molecule has 0 aliphatic rings. The number of halogens is 8. The molecule has 0 saturated heterocycles. The molecule has 0 fully saturated rings. The SMILES string of the molecule is CCCN(CCC)CCC.CCCN(CCC)CCC.Cl.ClCc1cccc2ccccc12.Cl[SiH](Cl)Cl.Cl[Si](Cl)(Cl)Cc1cccc2ccccc12. The Morgan fingerprint density at radius 1 is 0.481 bits per heavy atom. The van der Waals surface area contributed by atoms with Gasteiger partial charge in [0.2, 0.25) is 0 Å². The van der Waals surface area contributed by atoms with Crippen molar-refractivity contribution >= 4 is 125 Å². The molecule has 0 atom stereocenters. The molecule has 0 spiro atoms. The Morgan fingerprint density at radius 3 is 1.08 bits per heavy atom. The summed E-state index contributed by atoms with van der Waals surface area (Å²) in [6, 6.07) is 26.7. The number of hydrogen-bond acceptors (Lipinski definition) is 2. The van der Waals surface area contributed by atoms with Crippen LogP contribution in [0.15, 0.2) is 84.9 Å².